The molecule has 0 fully saturated rings. The maximum Gasteiger partial charge on any atom is 0.332 e. The number of fused-ring (bicyclic) bond motifs is 2. The van der Waals surface area contributed by atoms with Crippen molar-refractivity contribution in [3.8, 4) is 0 Å². The Bertz CT molecular complexity index is 817. The van der Waals surface area contributed by atoms with Gasteiger partial charge < -0.3 is 10.6 Å². The van der Waals surface area contributed by atoms with Gasteiger partial charge in [-0.25, -0.2) is 17.9 Å². The lowest BCUT2D eigenvalue weighted by Crippen LogP contribution is -2.36. The molecule has 0 radical (unpaired) electrons. The van der Waals surface area contributed by atoms with Crippen molar-refractivity contribution in [1.82, 2.24) is 10.0 Å². The van der Waals surface area contributed by atoms with Crippen LogP contribution in [0.15, 0.2) is 6.07 Å². The molecule has 1 aromatic rings. The zero-order valence-corrected chi connectivity index (χ0v) is 16.5. The molecular formula is C19H27N3O4S. The third kappa shape index (κ3) is 4.80. The second-order valence-electron chi connectivity index (χ2n) is 7.17. The molecule has 0 unspecified atom stereocenters. The molecule has 1 aromatic carbocycles. The Labute approximate surface area is 160 Å². The highest BCUT2D eigenvalue weighted by atomic mass is 32.2. The molecule has 0 heterocycles. The summed E-state index contributed by atoms with van der Waals surface area (Å²) in [5.41, 5.74) is 5.66. The van der Waals surface area contributed by atoms with E-state index in [1.54, 1.807) is 6.92 Å². The number of carbonyl (C=O) groups excluding carboxylic acids is 2. The van der Waals surface area contributed by atoms with Gasteiger partial charge in [0.15, 0.2) is 0 Å². The minimum Gasteiger partial charge on any atom is -0.356 e. The molecule has 8 heteroatoms. The number of benzene rings is 1. The van der Waals surface area contributed by atoms with E-state index in [2.05, 4.69) is 21.4 Å². The fourth-order valence-electron chi connectivity index (χ4n) is 4.01. The van der Waals surface area contributed by atoms with Gasteiger partial charge in [-0.05, 0) is 74.1 Å². The molecule has 2 aliphatic rings. The maximum absolute atomic E-state index is 12.3. The highest BCUT2D eigenvalue weighted by Gasteiger charge is 2.25. The van der Waals surface area contributed by atoms with Crippen LogP contribution in [0.1, 0.15) is 54.9 Å². The van der Waals surface area contributed by atoms with E-state index in [4.69, 9.17) is 0 Å². The number of rotatable bonds is 7. The Hall–Kier alpha value is -2.09. The van der Waals surface area contributed by atoms with Crippen LogP contribution in [0.3, 0.4) is 0 Å². The Morgan fingerprint density at radius 1 is 1.04 bits per heavy atom. The molecular weight excluding hydrogens is 366 g/mol. The van der Waals surface area contributed by atoms with Gasteiger partial charge in [0, 0.05) is 18.7 Å². The van der Waals surface area contributed by atoms with Crippen molar-refractivity contribution >= 4 is 27.6 Å². The van der Waals surface area contributed by atoms with Gasteiger partial charge in [0.25, 0.3) is 0 Å². The fourth-order valence-corrected chi connectivity index (χ4v) is 4.97. The van der Waals surface area contributed by atoms with E-state index in [0.717, 1.165) is 55.3 Å². The first-order chi connectivity index (χ1) is 12.9. The third-order valence-electron chi connectivity index (χ3n) is 5.15. The molecule has 0 saturated carbocycles. The standard InChI is InChI=1S/C19H27N3O4S/c1-2-20-17(23)10-5-11-27(25,26)22-19(24)21-18-15-8-3-6-13(15)12-14-7-4-9-16(14)18/h12H,2-11H2,1H3,(H,20,23)(H2,21,22,24). The monoisotopic (exact) mass is 393 g/mol. The fraction of sp³-hybridized carbons (Fsp3) is 0.579. The van der Waals surface area contributed by atoms with Gasteiger partial charge in [-0.1, -0.05) is 6.07 Å². The summed E-state index contributed by atoms with van der Waals surface area (Å²) in [4.78, 5) is 23.8. The molecule has 0 aliphatic heterocycles. The van der Waals surface area contributed by atoms with E-state index in [0.29, 0.717) is 6.54 Å². The number of urea groups is 1. The first-order valence-corrected chi connectivity index (χ1v) is 11.3. The number of carbonyl (C=O) groups is 2. The number of hydrogen-bond donors (Lipinski definition) is 3. The highest BCUT2D eigenvalue weighted by molar-refractivity contribution is 7.90. The molecule has 3 amide bonds. The maximum atomic E-state index is 12.3. The molecule has 0 saturated heterocycles. The first kappa shape index (κ1) is 19.7. The second kappa shape index (κ2) is 8.29. The molecule has 148 valence electrons. The van der Waals surface area contributed by atoms with Crippen molar-refractivity contribution in [1.29, 1.82) is 0 Å². The van der Waals surface area contributed by atoms with Crippen molar-refractivity contribution in [3.63, 3.8) is 0 Å². The minimum atomic E-state index is -3.78. The molecule has 0 spiro atoms. The van der Waals surface area contributed by atoms with Crippen molar-refractivity contribution < 1.29 is 18.0 Å². The summed E-state index contributed by atoms with van der Waals surface area (Å²) in [6.45, 7) is 2.32. The molecule has 3 N–H and O–H groups in total. The van der Waals surface area contributed by atoms with Gasteiger partial charge >= 0.3 is 6.03 Å². The summed E-state index contributed by atoms with van der Waals surface area (Å²) in [7, 11) is -3.78. The van der Waals surface area contributed by atoms with Crippen molar-refractivity contribution in [2.45, 2.75) is 58.3 Å². The zero-order valence-electron chi connectivity index (χ0n) is 15.7. The quantitative estimate of drug-likeness (QED) is 0.659. The third-order valence-corrected chi connectivity index (χ3v) is 6.47. The van der Waals surface area contributed by atoms with Crippen molar-refractivity contribution in [2.75, 3.05) is 17.6 Å². The average molecular weight is 394 g/mol. The first-order valence-electron chi connectivity index (χ1n) is 9.64. The molecule has 7 nitrogen and oxygen atoms in total. The number of amides is 3. The Morgan fingerprint density at radius 2 is 1.67 bits per heavy atom. The minimum absolute atomic E-state index is 0.121. The lowest BCUT2D eigenvalue weighted by Gasteiger charge is -2.16. The van der Waals surface area contributed by atoms with Gasteiger partial charge in [0.05, 0.1) is 5.75 Å². The summed E-state index contributed by atoms with van der Waals surface area (Å²) < 4.78 is 26.4. The van der Waals surface area contributed by atoms with Crippen LogP contribution in [0.2, 0.25) is 0 Å². The van der Waals surface area contributed by atoms with E-state index < -0.39 is 16.1 Å². The van der Waals surface area contributed by atoms with Gasteiger partial charge in [-0.15, -0.1) is 0 Å². The van der Waals surface area contributed by atoms with Crippen molar-refractivity contribution in [3.05, 3.63) is 28.3 Å². The lowest BCUT2D eigenvalue weighted by molar-refractivity contribution is -0.120. The predicted molar refractivity (Wildman–Crippen MR) is 104 cm³/mol. The van der Waals surface area contributed by atoms with E-state index in [9.17, 15) is 18.0 Å². The second-order valence-corrected chi connectivity index (χ2v) is 9.01. The van der Waals surface area contributed by atoms with Crippen LogP contribution < -0.4 is 15.4 Å². The van der Waals surface area contributed by atoms with Crippen LogP contribution in [0.25, 0.3) is 0 Å². The smallest absolute Gasteiger partial charge is 0.332 e. The Kier molecular flexibility index (Phi) is 6.04. The van der Waals surface area contributed by atoms with Crippen LogP contribution in [0, 0.1) is 0 Å². The van der Waals surface area contributed by atoms with Gasteiger partial charge in [0.1, 0.15) is 0 Å². The molecule has 0 bridgehead atoms. The Morgan fingerprint density at radius 3 is 2.26 bits per heavy atom. The predicted octanol–water partition coefficient (Wildman–Crippen LogP) is 2.03. The number of aryl methyl sites for hydroxylation is 2. The largest absolute Gasteiger partial charge is 0.356 e. The zero-order chi connectivity index (χ0) is 19.4. The van der Waals surface area contributed by atoms with Gasteiger partial charge in [-0.2, -0.15) is 0 Å². The molecule has 27 heavy (non-hydrogen) atoms. The lowest BCUT2D eigenvalue weighted by atomic mass is 9.99. The van der Waals surface area contributed by atoms with E-state index in [1.165, 1.54) is 11.1 Å². The van der Waals surface area contributed by atoms with E-state index >= 15 is 0 Å². The molecule has 0 atom stereocenters. The molecule has 2 aliphatic carbocycles. The number of hydrogen-bond acceptors (Lipinski definition) is 4. The van der Waals surface area contributed by atoms with Gasteiger partial charge in [0.2, 0.25) is 15.9 Å². The number of nitrogens with one attached hydrogen (secondary N) is 3. The van der Waals surface area contributed by atoms with Crippen LogP contribution in [-0.4, -0.2) is 32.7 Å². The summed E-state index contributed by atoms with van der Waals surface area (Å²) in [6, 6.07) is 1.54. The van der Waals surface area contributed by atoms with Gasteiger partial charge in [-0.3, -0.25) is 4.79 Å². The molecule has 0 aromatic heterocycles. The normalized spacial score (nSPS) is 15.1. The van der Waals surface area contributed by atoms with Crippen LogP contribution in [0.4, 0.5) is 10.5 Å². The topological polar surface area (TPSA) is 104 Å². The summed E-state index contributed by atoms with van der Waals surface area (Å²) in [6.07, 6.45) is 6.27. The Balaban J connectivity index is 1.62. The molecule has 3 rings (SSSR count). The van der Waals surface area contributed by atoms with E-state index in [1.807, 2.05) is 0 Å². The summed E-state index contributed by atoms with van der Waals surface area (Å²) >= 11 is 0. The highest BCUT2D eigenvalue weighted by Crippen LogP contribution is 2.38. The van der Waals surface area contributed by atoms with Crippen LogP contribution in [-0.2, 0) is 40.5 Å². The van der Waals surface area contributed by atoms with Crippen LogP contribution >= 0.6 is 0 Å². The number of anilines is 1. The van der Waals surface area contributed by atoms with Crippen LogP contribution in [0.5, 0.6) is 0 Å². The average Bonchev–Trinajstić information content (AvgIpc) is 3.22. The van der Waals surface area contributed by atoms with E-state index in [-0.39, 0.29) is 24.5 Å². The SMILES string of the molecule is CCNC(=O)CCCS(=O)(=O)NC(=O)Nc1c2c(cc3c1CCC3)CCC2. The summed E-state index contributed by atoms with van der Waals surface area (Å²) in [5, 5.41) is 5.43. The van der Waals surface area contributed by atoms with Crippen molar-refractivity contribution in [2.24, 2.45) is 0 Å². The summed E-state index contributed by atoms with van der Waals surface area (Å²) in [5.74, 6) is -0.449. The number of sulfonamides is 1.